The zero-order chi connectivity index (χ0) is 18.6. The fourth-order valence-corrected chi connectivity index (χ4v) is 2.51. The maximum absolute atomic E-state index is 11.9. The van der Waals surface area contributed by atoms with Crippen LogP contribution in [0.2, 0.25) is 0 Å². The second-order valence-electron chi connectivity index (χ2n) is 6.10. The van der Waals surface area contributed by atoms with Crippen molar-refractivity contribution in [3.05, 3.63) is 23.9 Å². The highest BCUT2D eigenvalue weighted by Crippen LogP contribution is 2.07. The van der Waals surface area contributed by atoms with Gasteiger partial charge < -0.3 is 25.4 Å². The Labute approximate surface area is 154 Å². The molecule has 1 aromatic rings. The molecular formula is C18H29N5O3. The number of carbonyl (C=O) groups excluding carboxylic acids is 1. The zero-order valence-electron chi connectivity index (χ0n) is 15.6. The molecule has 1 fully saturated rings. The SMILES string of the molecule is CN=C(NCCCOC1CCOC1)NCCC(=O)Nc1cccc(C)n1. The number of nitrogens with zero attached hydrogens (tertiary/aromatic N) is 2. The molecule has 26 heavy (non-hydrogen) atoms. The van der Waals surface area contributed by atoms with Crippen molar-refractivity contribution in [3.63, 3.8) is 0 Å². The molecule has 8 heteroatoms. The molecule has 1 unspecified atom stereocenters. The van der Waals surface area contributed by atoms with Gasteiger partial charge in [-0.2, -0.15) is 0 Å². The third kappa shape index (κ3) is 7.79. The molecule has 1 atom stereocenters. The molecule has 144 valence electrons. The summed E-state index contributed by atoms with van der Waals surface area (Å²) in [5, 5.41) is 9.12. The number of guanidine groups is 1. The monoisotopic (exact) mass is 363 g/mol. The van der Waals surface area contributed by atoms with Crippen LogP contribution in [0.4, 0.5) is 5.82 Å². The maximum Gasteiger partial charge on any atom is 0.227 e. The minimum atomic E-state index is -0.0850. The minimum absolute atomic E-state index is 0.0850. The normalized spacial score (nSPS) is 17.2. The average molecular weight is 363 g/mol. The third-order valence-electron chi connectivity index (χ3n) is 3.88. The van der Waals surface area contributed by atoms with Gasteiger partial charge in [0.15, 0.2) is 5.96 Å². The van der Waals surface area contributed by atoms with Gasteiger partial charge in [0, 0.05) is 45.5 Å². The van der Waals surface area contributed by atoms with E-state index in [1.165, 1.54) is 0 Å². The molecule has 3 N–H and O–H groups in total. The highest BCUT2D eigenvalue weighted by Gasteiger charge is 2.15. The topological polar surface area (TPSA) is 96.9 Å². The Morgan fingerprint density at radius 2 is 2.23 bits per heavy atom. The van der Waals surface area contributed by atoms with E-state index in [-0.39, 0.29) is 12.0 Å². The van der Waals surface area contributed by atoms with Crippen LogP contribution in [0.5, 0.6) is 0 Å². The summed E-state index contributed by atoms with van der Waals surface area (Å²) in [5.74, 6) is 1.17. The van der Waals surface area contributed by atoms with Gasteiger partial charge in [-0.15, -0.1) is 0 Å². The number of hydrogen-bond acceptors (Lipinski definition) is 5. The predicted octanol–water partition coefficient (Wildman–Crippen LogP) is 1.08. The lowest BCUT2D eigenvalue weighted by Gasteiger charge is -2.13. The number of nitrogens with one attached hydrogen (secondary N) is 3. The van der Waals surface area contributed by atoms with Gasteiger partial charge in [0.1, 0.15) is 5.82 Å². The van der Waals surface area contributed by atoms with E-state index in [1.54, 1.807) is 13.1 Å². The van der Waals surface area contributed by atoms with E-state index in [0.29, 0.717) is 38.0 Å². The fraction of sp³-hybridized carbons (Fsp3) is 0.611. The van der Waals surface area contributed by atoms with Gasteiger partial charge in [-0.3, -0.25) is 9.79 Å². The number of pyridine rings is 1. The largest absolute Gasteiger partial charge is 0.379 e. The van der Waals surface area contributed by atoms with E-state index in [9.17, 15) is 4.79 Å². The Hall–Kier alpha value is -2.19. The number of anilines is 1. The smallest absolute Gasteiger partial charge is 0.227 e. The summed E-state index contributed by atoms with van der Waals surface area (Å²) in [7, 11) is 1.71. The van der Waals surface area contributed by atoms with Crippen molar-refractivity contribution in [2.45, 2.75) is 32.3 Å². The number of carbonyl (C=O) groups is 1. The quantitative estimate of drug-likeness (QED) is 0.345. The van der Waals surface area contributed by atoms with Crippen LogP contribution in [-0.2, 0) is 14.3 Å². The van der Waals surface area contributed by atoms with Gasteiger partial charge in [0.05, 0.1) is 12.7 Å². The summed E-state index contributed by atoms with van der Waals surface area (Å²) in [4.78, 5) is 20.3. The van der Waals surface area contributed by atoms with Gasteiger partial charge in [-0.1, -0.05) is 6.07 Å². The fourth-order valence-electron chi connectivity index (χ4n) is 2.51. The Balaban J connectivity index is 1.54. The predicted molar refractivity (Wildman–Crippen MR) is 101 cm³/mol. The zero-order valence-corrected chi connectivity index (χ0v) is 15.6. The first-order valence-electron chi connectivity index (χ1n) is 9.05. The van der Waals surface area contributed by atoms with Crippen LogP contribution in [0.1, 0.15) is 25.0 Å². The van der Waals surface area contributed by atoms with Crippen molar-refractivity contribution in [2.24, 2.45) is 4.99 Å². The summed E-state index contributed by atoms with van der Waals surface area (Å²) in [6.45, 7) is 5.34. The lowest BCUT2D eigenvalue weighted by Crippen LogP contribution is -2.39. The Bertz CT molecular complexity index is 588. The Morgan fingerprint density at radius 3 is 2.96 bits per heavy atom. The molecule has 1 aliphatic rings. The van der Waals surface area contributed by atoms with E-state index < -0.39 is 0 Å². The summed E-state index contributed by atoms with van der Waals surface area (Å²) >= 11 is 0. The molecule has 0 saturated carbocycles. The van der Waals surface area contributed by atoms with E-state index in [0.717, 1.165) is 31.7 Å². The van der Waals surface area contributed by atoms with E-state index in [1.807, 2.05) is 19.1 Å². The van der Waals surface area contributed by atoms with Crippen LogP contribution >= 0.6 is 0 Å². The van der Waals surface area contributed by atoms with Crippen LogP contribution in [0.3, 0.4) is 0 Å². The first-order chi connectivity index (χ1) is 12.7. The molecule has 0 aromatic carbocycles. The van der Waals surface area contributed by atoms with E-state index >= 15 is 0 Å². The van der Waals surface area contributed by atoms with Gasteiger partial charge in [-0.25, -0.2) is 4.98 Å². The number of ether oxygens (including phenoxy) is 2. The second kappa shape index (κ2) is 11.4. The van der Waals surface area contributed by atoms with Gasteiger partial charge in [-0.05, 0) is 31.9 Å². The number of aliphatic imine (C=N–C) groups is 1. The molecule has 0 aliphatic carbocycles. The van der Waals surface area contributed by atoms with Crippen molar-refractivity contribution >= 4 is 17.7 Å². The van der Waals surface area contributed by atoms with Crippen molar-refractivity contribution in [3.8, 4) is 0 Å². The molecular weight excluding hydrogens is 334 g/mol. The van der Waals surface area contributed by atoms with E-state index in [4.69, 9.17) is 9.47 Å². The summed E-state index contributed by atoms with van der Waals surface area (Å²) in [6, 6.07) is 5.53. The first kappa shape index (κ1) is 20.1. The summed E-state index contributed by atoms with van der Waals surface area (Å²) in [6.07, 6.45) is 2.45. The van der Waals surface area contributed by atoms with Crippen molar-refractivity contribution < 1.29 is 14.3 Å². The third-order valence-corrected chi connectivity index (χ3v) is 3.88. The highest BCUT2D eigenvalue weighted by molar-refractivity contribution is 5.90. The Morgan fingerprint density at radius 1 is 1.38 bits per heavy atom. The molecule has 1 aliphatic heterocycles. The van der Waals surface area contributed by atoms with Crippen LogP contribution < -0.4 is 16.0 Å². The highest BCUT2D eigenvalue weighted by atomic mass is 16.5. The molecule has 0 bridgehead atoms. The Kier molecular flexibility index (Phi) is 8.85. The number of hydrogen-bond donors (Lipinski definition) is 3. The van der Waals surface area contributed by atoms with E-state index in [2.05, 4.69) is 25.9 Å². The second-order valence-corrected chi connectivity index (χ2v) is 6.10. The van der Waals surface area contributed by atoms with Crippen LogP contribution in [0, 0.1) is 6.92 Å². The average Bonchev–Trinajstić information content (AvgIpc) is 3.13. The van der Waals surface area contributed by atoms with Crippen LogP contribution in [0.25, 0.3) is 0 Å². The molecule has 1 aromatic heterocycles. The first-order valence-corrected chi connectivity index (χ1v) is 9.05. The number of aromatic nitrogens is 1. The summed E-state index contributed by atoms with van der Waals surface area (Å²) in [5.41, 5.74) is 0.870. The van der Waals surface area contributed by atoms with Gasteiger partial charge >= 0.3 is 0 Å². The van der Waals surface area contributed by atoms with Crippen LogP contribution in [0.15, 0.2) is 23.2 Å². The molecule has 0 radical (unpaired) electrons. The molecule has 8 nitrogen and oxygen atoms in total. The number of aryl methyl sites for hydroxylation is 1. The van der Waals surface area contributed by atoms with Crippen molar-refractivity contribution in [1.29, 1.82) is 0 Å². The maximum atomic E-state index is 11.9. The molecule has 2 rings (SSSR count). The lowest BCUT2D eigenvalue weighted by atomic mass is 10.3. The molecule has 1 amide bonds. The summed E-state index contributed by atoms with van der Waals surface area (Å²) < 4.78 is 11.0. The van der Waals surface area contributed by atoms with Crippen molar-refractivity contribution in [2.75, 3.05) is 45.3 Å². The number of rotatable bonds is 9. The molecule has 0 spiro atoms. The lowest BCUT2D eigenvalue weighted by molar-refractivity contribution is -0.116. The molecule has 1 saturated heterocycles. The van der Waals surface area contributed by atoms with Gasteiger partial charge in [0.2, 0.25) is 5.91 Å². The van der Waals surface area contributed by atoms with Gasteiger partial charge in [0.25, 0.3) is 0 Å². The van der Waals surface area contributed by atoms with Crippen molar-refractivity contribution in [1.82, 2.24) is 15.6 Å². The standard InChI is InChI=1S/C18H29N5O3/c1-14-5-3-6-16(22-14)23-17(24)7-10-21-18(19-2)20-9-4-11-26-15-8-12-25-13-15/h3,5-6,15H,4,7-13H2,1-2H3,(H2,19,20,21)(H,22,23,24). The van der Waals surface area contributed by atoms with Crippen LogP contribution in [-0.4, -0.2) is 62.9 Å². The number of amides is 1. The molecule has 2 heterocycles. The minimum Gasteiger partial charge on any atom is -0.379 e.